The molecule has 1 aromatic rings. The van der Waals surface area contributed by atoms with Crippen molar-refractivity contribution in [3.8, 4) is 11.8 Å². The molecule has 0 saturated carbocycles. The van der Waals surface area contributed by atoms with Gasteiger partial charge in [-0.05, 0) is 6.07 Å². The molecule has 92 valence electrons. The zero-order valence-corrected chi connectivity index (χ0v) is 10.2. The number of nitriles is 1. The van der Waals surface area contributed by atoms with Crippen LogP contribution in [0.5, 0.6) is 5.75 Å². The molecule has 3 N–H and O–H groups in total. The summed E-state index contributed by atoms with van der Waals surface area (Å²) in [7, 11) is 0. The number of para-hydroxylation sites is 1. The summed E-state index contributed by atoms with van der Waals surface area (Å²) < 4.78 is 6.07. The van der Waals surface area contributed by atoms with Gasteiger partial charge in [0.2, 0.25) is 0 Å². The number of nitrogens with zero attached hydrogens (tertiary/aromatic N) is 1. The first-order valence-corrected chi connectivity index (χ1v) is 6.15. The first-order valence-electron chi connectivity index (χ1n) is 6.15. The van der Waals surface area contributed by atoms with Gasteiger partial charge in [0.1, 0.15) is 11.6 Å². The standard InChI is InChI=1S/C14H15N3O/c1-2-14-7-10(11(8-15)13(16)17-14)9-5-3-4-6-12(9)18-14/h3-6,10,17H,2,7,16H2,1H3. The topological polar surface area (TPSA) is 71.1 Å². The second kappa shape index (κ2) is 3.67. The van der Waals surface area contributed by atoms with Crippen LogP contribution in [0.25, 0.3) is 0 Å². The number of rotatable bonds is 1. The molecule has 2 aliphatic rings. The van der Waals surface area contributed by atoms with Crippen molar-refractivity contribution in [2.24, 2.45) is 5.73 Å². The van der Waals surface area contributed by atoms with Crippen LogP contribution in [-0.4, -0.2) is 5.72 Å². The van der Waals surface area contributed by atoms with Crippen molar-refractivity contribution in [1.29, 1.82) is 5.26 Å². The van der Waals surface area contributed by atoms with Gasteiger partial charge in [-0.3, -0.25) is 0 Å². The van der Waals surface area contributed by atoms with E-state index >= 15 is 0 Å². The lowest BCUT2D eigenvalue weighted by atomic mass is 9.78. The highest BCUT2D eigenvalue weighted by molar-refractivity contribution is 5.50. The van der Waals surface area contributed by atoms with Crippen LogP contribution in [0.3, 0.4) is 0 Å². The number of fused-ring (bicyclic) bond motifs is 4. The van der Waals surface area contributed by atoms with Crippen molar-refractivity contribution in [2.45, 2.75) is 31.4 Å². The maximum absolute atomic E-state index is 9.29. The van der Waals surface area contributed by atoms with E-state index in [-0.39, 0.29) is 5.92 Å². The molecule has 2 aliphatic heterocycles. The second-order valence-electron chi connectivity index (χ2n) is 4.81. The number of benzene rings is 1. The van der Waals surface area contributed by atoms with Crippen LogP contribution >= 0.6 is 0 Å². The van der Waals surface area contributed by atoms with E-state index in [1.807, 2.05) is 24.3 Å². The first-order chi connectivity index (χ1) is 8.69. The average molecular weight is 241 g/mol. The molecule has 0 radical (unpaired) electrons. The summed E-state index contributed by atoms with van der Waals surface area (Å²) in [5.74, 6) is 1.34. The third-order valence-corrected chi connectivity index (χ3v) is 3.83. The molecule has 0 saturated heterocycles. The lowest BCUT2D eigenvalue weighted by Gasteiger charge is -2.46. The molecule has 0 spiro atoms. The molecule has 1 aromatic carbocycles. The van der Waals surface area contributed by atoms with Crippen molar-refractivity contribution in [3.63, 3.8) is 0 Å². The van der Waals surface area contributed by atoms with E-state index in [0.29, 0.717) is 11.4 Å². The Morgan fingerprint density at radius 2 is 2.33 bits per heavy atom. The summed E-state index contributed by atoms with van der Waals surface area (Å²) in [6.07, 6.45) is 1.56. The van der Waals surface area contributed by atoms with Gasteiger partial charge >= 0.3 is 0 Å². The summed E-state index contributed by atoms with van der Waals surface area (Å²) >= 11 is 0. The summed E-state index contributed by atoms with van der Waals surface area (Å²) in [5, 5.41) is 12.5. The molecule has 2 bridgehead atoms. The van der Waals surface area contributed by atoms with Crippen LogP contribution in [0.4, 0.5) is 0 Å². The van der Waals surface area contributed by atoms with Crippen LogP contribution in [0, 0.1) is 11.3 Å². The van der Waals surface area contributed by atoms with Crippen molar-refractivity contribution in [2.75, 3.05) is 0 Å². The Morgan fingerprint density at radius 1 is 1.56 bits per heavy atom. The van der Waals surface area contributed by atoms with Gasteiger partial charge in [0.15, 0.2) is 5.72 Å². The largest absolute Gasteiger partial charge is 0.468 e. The molecule has 2 atom stereocenters. The van der Waals surface area contributed by atoms with Crippen LogP contribution in [-0.2, 0) is 0 Å². The molecule has 0 aliphatic carbocycles. The zero-order valence-electron chi connectivity index (χ0n) is 10.2. The van der Waals surface area contributed by atoms with Gasteiger partial charge in [-0.25, -0.2) is 0 Å². The molecule has 4 nitrogen and oxygen atoms in total. The van der Waals surface area contributed by atoms with Gasteiger partial charge in [0.05, 0.1) is 11.6 Å². The Morgan fingerprint density at radius 3 is 3.06 bits per heavy atom. The number of hydrogen-bond acceptors (Lipinski definition) is 4. The summed E-state index contributed by atoms with van der Waals surface area (Å²) in [6.45, 7) is 2.06. The van der Waals surface area contributed by atoms with Crippen molar-refractivity contribution < 1.29 is 4.74 Å². The third-order valence-electron chi connectivity index (χ3n) is 3.83. The summed E-state index contributed by atoms with van der Waals surface area (Å²) in [6, 6.07) is 10.1. The lowest BCUT2D eigenvalue weighted by Crippen LogP contribution is -2.57. The SMILES string of the molecule is CCC12CC(C(C#N)=C(N)N1)c1ccccc1O2. The minimum Gasteiger partial charge on any atom is -0.468 e. The van der Waals surface area contributed by atoms with Gasteiger partial charge < -0.3 is 15.8 Å². The zero-order chi connectivity index (χ0) is 12.8. The van der Waals surface area contributed by atoms with E-state index in [1.54, 1.807) is 0 Å². The molecule has 18 heavy (non-hydrogen) atoms. The quantitative estimate of drug-likeness (QED) is 0.788. The third kappa shape index (κ3) is 1.37. The maximum Gasteiger partial charge on any atom is 0.182 e. The molecule has 2 unspecified atom stereocenters. The van der Waals surface area contributed by atoms with Crippen molar-refractivity contribution in [1.82, 2.24) is 5.32 Å². The van der Waals surface area contributed by atoms with E-state index in [2.05, 4.69) is 18.3 Å². The van der Waals surface area contributed by atoms with Gasteiger partial charge in [-0.15, -0.1) is 0 Å². The highest BCUT2D eigenvalue weighted by Crippen LogP contribution is 2.47. The molecule has 3 rings (SSSR count). The fraction of sp³-hybridized carbons (Fsp3) is 0.357. The number of nitrogens with one attached hydrogen (secondary N) is 1. The van der Waals surface area contributed by atoms with Crippen LogP contribution < -0.4 is 15.8 Å². The minimum absolute atomic E-state index is 0.0427. The van der Waals surface area contributed by atoms with Crippen LogP contribution in [0.2, 0.25) is 0 Å². The van der Waals surface area contributed by atoms with Crippen LogP contribution in [0.1, 0.15) is 31.2 Å². The Hall–Kier alpha value is -2.15. The average Bonchev–Trinajstić information content (AvgIpc) is 2.39. The van der Waals surface area contributed by atoms with E-state index in [1.165, 1.54) is 0 Å². The highest BCUT2D eigenvalue weighted by atomic mass is 16.5. The normalized spacial score (nSPS) is 28.8. The summed E-state index contributed by atoms with van der Waals surface area (Å²) in [4.78, 5) is 0. The Labute approximate surface area is 106 Å². The number of ether oxygens (including phenoxy) is 1. The molecule has 0 fully saturated rings. The van der Waals surface area contributed by atoms with E-state index in [0.717, 1.165) is 24.2 Å². The Kier molecular flexibility index (Phi) is 2.24. The van der Waals surface area contributed by atoms with E-state index in [4.69, 9.17) is 10.5 Å². The first kappa shape index (κ1) is 11.0. The maximum atomic E-state index is 9.29. The highest BCUT2D eigenvalue weighted by Gasteiger charge is 2.45. The predicted octanol–water partition coefficient (Wildman–Crippen LogP) is 1.96. The molecule has 2 heterocycles. The summed E-state index contributed by atoms with van der Waals surface area (Å²) in [5.41, 5.74) is 7.17. The smallest absolute Gasteiger partial charge is 0.182 e. The fourth-order valence-electron chi connectivity index (χ4n) is 2.83. The van der Waals surface area contributed by atoms with E-state index < -0.39 is 5.72 Å². The van der Waals surface area contributed by atoms with Gasteiger partial charge in [-0.1, -0.05) is 25.1 Å². The Bertz CT molecular complexity index is 573. The number of hydrogen-bond donors (Lipinski definition) is 2. The molecular weight excluding hydrogens is 226 g/mol. The molecule has 0 aromatic heterocycles. The predicted molar refractivity (Wildman–Crippen MR) is 67.4 cm³/mol. The van der Waals surface area contributed by atoms with Gasteiger partial charge in [0.25, 0.3) is 0 Å². The van der Waals surface area contributed by atoms with Gasteiger partial charge in [0, 0.05) is 24.3 Å². The van der Waals surface area contributed by atoms with Crippen LogP contribution in [0.15, 0.2) is 35.7 Å². The molecule has 0 amide bonds. The molecular formula is C14H15N3O. The molecule has 4 heteroatoms. The second-order valence-corrected chi connectivity index (χ2v) is 4.81. The van der Waals surface area contributed by atoms with Crippen molar-refractivity contribution in [3.05, 3.63) is 41.2 Å². The number of nitrogens with two attached hydrogens (primary N) is 1. The van der Waals surface area contributed by atoms with Gasteiger partial charge in [-0.2, -0.15) is 5.26 Å². The monoisotopic (exact) mass is 241 g/mol. The minimum atomic E-state index is -0.469. The number of allylic oxidation sites excluding steroid dienone is 1. The fourth-order valence-corrected chi connectivity index (χ4v) is 2.83. The Balaban J connectivity index is 2.20. The van der Waals surface area contributed by atoms with Crippen molar-refractivity contribution >= 4 is 0 Å². The van der Waals surface area contributed by atoms with E-state index in [9.17, 15) is 5.26 Å². The lowest BCUT2D eigenvalue weighted by molar-refractivity contribution is 0.00405.